The lowest BCUT2D eigenvalue weighted by molar-refractivity contribution is -0.0148. The molecular formula is C21H35N3O4. The SMILES string of the molecule is CCOC(=O)N1CCC2(CC(N3CCC(N4C(=O)OC[C@H]4C(C)C)CC3)C2)C1. The Kier molecular flexibility index (Phi) is 5.47. The smallest absolute Gasteiger partial charge is 0.410 e. The highest BCUT2D eigenvalue weighted by atomic mass is 16.6. The third-order valence-corrected chi connectivity index (χ3v) is 7.43. The third kappa shape index (κ3) is 3.58. The van der Waals surface area contributed by atoms with Crippen molar-refractivity contribution in [3.8, 4) is 0 Å². The zero-order valence-corrected chi connectivity index (χ0v) is 17.6. The van der Waals surface area contributed by atoms with Gasteiger partial charge in [0.05, 0.1) is 12.6 Å². The predicted molar refractivity (Wildman–Crippen MR) is 105 cm³/mol. The van der Waals surface area contributed by atoms with Crippen molar-refractivity contribution in [3.63, 3.8) is 0 Å². The first-order valence-corrected chi connectivity index (χ1v) is 11.0. The molecule has 1 saturated carbocycles. The molecule has 0 aromatic heterocycles. The van der Waals surface area contributed by atoms with Crippen LogP contribution in [0.4, 0.5) is 9.59 Å². The Hall–Kier alpha value is -1.50. The minimum absolute atomic E-state index is 0.121. The summed E-state index contributed by atoms with van der Waals surface area (Å²) in [6.45, 7) is 11.0. The summed E-state index contributed by atoms with van der Waals surface area (Å²) in [5.74, 6) is 0.431. The van der Waals surface area contributed by atoms with Gasteiger partial charge in [-0.15, -0.1) is 0 Å². The third-order valence-electron chi connectivity index (χ3n) is 7.43. The fourth-order valence-electron chi connectivity index (χ4n) is 5.75. The van der Waals surface area contributed by atoms with E-state index in [0.29, 0.717) is 36.6 Å². The van der Waals surface area contributed by atoms with E-state index in [9.17, 15) is 9.59 Å². The standard InChI is InChI=1S/C21H35N3O4/c1-4-27-19(25)23-10-7-21(14-23)11-17(12-21)22-8-5-16(6-9-22)24-18(15(2)3)13-28-20(24)26/h15-18H,4-14H2,1-3H3/t17?,18-,21?/m0/s1. The van der Waals surface area contributed by atoms with E-state index in [-0.39, 0.29) is 18.2 Å². The Bertz CT molecular complexity index is 596. The molecule has 4 rings (SSSR count). The van der Waals surface area contributed by atoms with Gasteiger partial charge < -0.3 is 19.3 Å². The van der Waals surface area contributed by atoms with Gasteiger partial charge in [-0.1, -0.05) is 13.8 Å². The van der Waals surface area contributed by atoms with Gasteiger partial charge in [-0.2, -0.15) is 0 Å². The van der Waals surface area contributed by atoms with Crippen LogP contribution in [0.1, 0.15) is 52.9 Å². The second kappa shape index (κ2) is 7.73. The lowest BCUT2D eigenvalue weighted by atomic mass is 9.64. The van der Waals surface area contributed by atoms with Crippen LogP contribution in [-0.4, -0.2) is 84.4 Å². The van der Waals surface area contributed by atoms with Gasteiger partial charge in [0, 0.05) is 38.3 Å². The number of nitrogens with zero attached hydrogens (tertiary/aromatic N) is 3. The number of piperidine rings is 1. The van der Waals surface area contributed by atoms with Crippen LogP contribution in [0.15, 0.2) is 0 Å². The first-order valence-electron chi connectivity index (χ1n) is 11.0. The molecule has 0 unspecified atom stereocenters. The molecule has 2 amide bonds. The molecule has 0 aromatic carbocycles. The van der Waals surface area contributed by atoms with Crippen LogP contribution in [0, 0.1) is 11.3 Å². The Morgan fingerprint density at radius 2 is 1.93 bits per heavy atom. The van der Waals surface area contributed by atoms with Crippen molar-refractivity contribution in [2.24, 2.45) is 11.3 Å². The topological polar surface area (TPSA) is 62.3 Å². The van der Waals surface area contributed by atoms with Gasteiger partial charge in [0.2, 0.25) is 0 Å². The molecule has 0 aromatic rings. The summed E-state index contributed by atoms with van der Waals surface area (Å²) in [5.41, 5.74) is 0.315. The van der Waals surface area contributed by atoms with Crippen LogP contribution >= 0.6 is 0 Å². The highest BCUT2D eigenvalue weighted by Gasteiger charge is 2.52. The van der Waals surface area contributed by atoms with Gasteiger partial charge in [-0.25, -0.2) is 9.59 Å². The van der Waals surface area contributed by atoms with E-state index in [2.05, 4.69) is 18.7 Å². The van der Waals surface area contributed by atoms with Crippen molar-refractivity contribution in [1.82, 2.24) is 14.7 Å². The maximum Gasteiger partial charge on any atom is 0.410 e. The molecule has 3 aliphatic heterocycles. The minimum atomic E-state index is -0.152. The van der Waals surface area contributed by atoms with Crippen molar-refractivity contribution in [2.45, 2.75) is 71.0 Å². The van der Waals surface area contributed by atoms with Crippen LogP contribution in [0.3, 0.4) is 0 Å². The van der Waals surface area contributed by atoms with Crippen LogP contribution in [0.2, 0.25) is 0 Å². The molecule has 4 fully saturated rings. The van der Waals surface area contributed by atoms with Gasteiger partial charge in [-0.05, 0) is 50.4 Å². The summed E-state index contributed by atoms with van der Waals surface area (Å²) in [6.07, 6.45) is 5.29. The molecule has 0 bridgehead atoms. The van der Waals surface area contributed by atoms with E-state index in [1.807, 2.05) is 16.7 Å². The second-order valence-electron chi connectivity index (χ2n) is 9.50. The van der Waals surface area contributed by atoms with Gasteiger partial charge in [0.15, 0.2) is 0 Å². The van der Waals surface area contributed by atoms with Gasteiger partial charge in [-0.3, -0.25) is 4.90 Å². The van der Waals surface area contributed by atoms with Crippen molar-refractivity contribution in [1.29, 1.82) is 0 Å². The molecule has 4 aliphatic rings. The molecule has 1 aliphatic carbocycles. The monoisotopic (exact) mass is 393 g/mol. The van der Waals surface area contributed by atoms with Crippen molar-refractivity contribution >= 4 is 12.2 Å². The fraction of sp³-hybridized carbons (Fsp3) is 0.905. The van der Waals surface area contributed by atoms with Gasteiger partial charge in [0.25, 0.3) is 0 Å². The number of cyclic esters (lactones) is 1. The van der Waals surface area contributed by atoms with E-state index in [1.54, 1.807) is 0 Å². The summed E-state index contributed by atoms with van der Waals surface area (Å²) in [6, 6.07) is 1.18. The lowest BCUT2D eigenvalue weighted by Crippen LogP contribution is -2.57. The quantitative estimate of drug-likeness (QED) is 0.735. The maximum absolute atomic E-state index is 12.2. The Balaban J connectivity index is 1.25. The van der Waals surface area contributed by atoms with E-state index in [1.165, 1.54) is 12.8 Å². The zero-order valence-electron chi connectivity index (χ0n) is 17.6. The number of carbonyl (C=O) groups excluding carboxylic acids is 2. The first kappa shape index (κ1) is 19.8. The van der Waals surface area contributed by atoms with Crippen LogP contribution in [-0.2, 0) is 9.47 Å². The van der Waals surface area contributed by atoms with Crippen LogP contribution < -0.4 is 0 Å². The Morgan fingerprint density at radius 3 is 2.57 bits per heavy atom. The average molecular weight is 394 g/mol. The summed E-state index contributed by atoms with van der Waals surface area (Å²) in [5, 5.41) is 0. The number of likely N-dealkylation sites (tertiary alicyclic amines) is 2. The normalized spacial score (nSPS) is 34.2. The Morgan fingerprint density at radius 1 is 1.21 bits per heavy atom. The molecule has 0 radical (unpaired) electrons. The first-order chi connectivity index (χ1) is 13.4. The maximum atomic E-state index is 12.2. The predicted octanol–water partition coefficient (Wildman–Crippen LogP) is 2.94. The summed E-state index contributed by atoms with van der Waals surface area (Å²) >= 11 is 0. The molecule has 3 saturated heterocycles. The van der Waals surface area contributed by atoms with Crippen LogP contribution in [0.25, 0.3) is 0 Å². The van der Waals surface area contributed by atoms with Crippen molar-refractivity contribution < 1.29 is 19.1 Å². The molecule has 28 heavy (non-hydrogen) atoms. The second-order valence-corrected chi connectivity index (χ2v) is 9.50. The van der Waals surface area contributed by atoms with Gasteiger partial charge >= 0.3 is 12.2 Å². The molecule has 0 N–H and O–H groups in total. The number of hydrogen-bond donors (Lipinski definition) is 0. The number of rotatable bonds is 4. The van der Waals surface area contributed by atoms with E-state index in [4.69, 9.17) is 9.47 Å². The molecular weight excluding hydrogens is 358 g/mol. The number of carbonyl (C=O) groups is 2. The molecule has 3 heterocycles. The van der Waals surface area contributed by atoms with Crippen LogP contribution in [0.5, 0.6) is 0 Å². The lowest BCUT2D eigenvalue weighted by Gasteiger charge is -2.52. The molecule has 7 heteroatoms. The van der Waals surface area contributed by atoms with Gasteiger partial charge in [0.1, 0.15) is 6.61 Å². The fourth-order valence-corrected chi connectivity index (χ4v) is 5.75. The summed E-state index contributed by atoms with van der Waals surface area (Å²) < 4.78 is 10.5. The highest BCUT2D eigenvalue weighted by Crippen LogP contribution is 2.50. The zero-order chi connectivity index (χ0) is 19.9. The van der Waals surface area contributed by atoms with E-state index < -0.39 is 0 Å². The number of amides is 2. The summed E-state index contributed by atoms with van der Waals surface area (Å²) in [4.78, 5) is 30.7. The molecule has 158 valence electrons. The number of ether oxygens (including phenoxy) is 2. The molecule has 1 spiro atoms. The number of hydrogen-bond acceptors (Lipinski definition) is 5. The summed E-state index contributed by atoms with van der Waals surface area (Å²) in [7, 11) is 0. The van der Waals surface area contributed by atoms with E-state index >= 15 is 0 Å². The van der Waals surface area contributed by atoms with Crippen molar-refractivity contribution in [3.05, 3.63) is 0 Å². The minimum Gasteiger partial charge on any atom is -0.450 e. The molecule has 7 nitrogen and oxygen atoms in total. The average Bonchev–Trinajstić information content (AvgIpc) is 3.25. The molecule has 1 atom stereocenters. The Labute approximate surface area is 168 Å². The van der Waals surface area contributed by atoms with E-state index in [0.717, 1.165) is 45.4 Å². The largest absolute Gasteiger partial charge is 0.450 e. The highest BCUT2D eigenvalue weighted by molar-refractivity contribution is 5.70. The van der Waals surface area contributed by atoms with Crippen molar-refractivity contribution in [2.75, 3.05) is 39.4 Å².